The van der Waals surface area contributed by atoms with Crippen molar-refractivity contribution in [1.82, 2.24) is 4.57 Å². The molecule has 0 fully saturated rings. The molecule has 0 saturated heterocycles. The Morgan fingerprint density at radius 1 is 0.867 bits per heavy atom. The number of hydrogen-bond acceptors (Lipinski definition) is 0. The molecule has 0 aliphatic carbocycles. The van der Waals surface area contributed by atoms with Crippen LogP contribution in [0.4, 0.5) is 0 Å². The fourth-order valence-corrected chi connectivity index (χ4v) is 1.54. The lowest BCUT2D eigenvalue weighted by atomic mass is 10.1. The van der Waals surface area contributed by atoms with Crippen molar-refractivity contribution in [2.75, 3.05) is 0 Å². The summed E-state index contributed by atoms with van der Waals surface area (Å²) in [7, 11) is 0. The van der Waals surface area contributed by atoms with Gasteiger partial charge in [0.2, 0.25) is 0 Å². The van der Waals surface area contributed by atoms with Crippen LogP contribution in [0.1, 0.15) is 11.1 Å². The van der Waals surface area contributed by atoms with Gasteiger partial charge in [0.1, 0.15) is 0 Å². The molecule has 2 rings (SSSR count). The molecule has 0 atom stereocenters. The van der Waals surface area contributed by atoms with E-state index in [0.29, 0.717) is 0 Å². The Balaban J connectivity index is 2.75. The molecule has 0 unspecified atom stereocenters. The van der Waals surface area contributed by atoms with E-state index < -0.39 is 0 Å². The van der Waals surface area contributed by atoms with Gasteiger partial charge >= 0.3 is 0 Å². The van der Waals surface area contributed by atoms with Crippen LogP contribution in [0.2, 0.25) is 0 Å². The summed E-state index contributed by atoms with van der Waals surface area (Å²) in [6.07, 6.45) is 14.8. The predicted molar refractivity (Wildman–Crippen MR) is 61.6 cm³/mol. The highest BCUT2D eigenvalue weighted by Crippen LogP contribution is 2.18. The van der Waals surface area contributed by atoms with Gasteiger partial charge in [0.05, 0.1) is 5.69 Å². The van der Waals surface area contributed by atoms with Crippen molar-refractivity contribution in [3.63, 3.8) is 0 Å². The number of para-hydroxylation sites is 1. The predicted octanol–water partition coefficient (Wildman–Crippen LogP) is 2.44. The lowest BCUT2D eigenvalue weighted by Crippen LogP contribution is -1.97. The van der Waals surface area contributed by atoms with Crippen LogP contribution < -0.4 is 0 Å². The van der Waals surface area contributed by atoms with Crippen LogP contribution in [0.5, 0.6) is 0 Å². The van der Waals surface area contributed by atoms with Gasteiger partial charge in [0, 0.05) is 23.5 Å². The Bertz CT molecular complexity index is 516. The minimum Gasteiger partial charge on any atom is -0.322 e. The zero-order chi connectivity index (χ0) is 10.7. The Kier molecular flexibility index (Phi) is 2.31. The van der Waals surface area contributed by atoms with E-state index in [2.05, 4.69) is 11.8 Å². The monoisotopic (exact) mass is 191 g/mol. The summed E-state index contributed by atoms with van der Waals surface area (Å²) in [6, 6.07) is 9.52. The summed E-state index contributed by atoms with van der Waals surface area (Å²) in [6.45, 7) is 0. The van der Waals surface area contributed by atoms with E-state index in [1.807, 2.05) is 47.3 Å². The Hall–Kier alpha value is -2.38. The van der Waals surface area contributed by atoms with Gasteiger partial charge in [-0.25, -0.2) is 0 Å². The molecule has 0 radical (unpaired) electrons. The van der Waals surface area contributed by atoms with Crippen molar-refractivity contribution < 1.29 is 0 Å². The molecule has 0 saturated carbocycles. The zero-order valence-corrected chi connectivity index (χ0v) is 8.14. The second kappa shape index (κ2) is 3.78. The first-order chi connectivity index (χ1) is 7.36. The third kappa shape index (κ3) is 1.52. The molecular weight excluding hydrogens is 182 g/mol. The lowest BCUT2D eigenvalue weighted by Gasteiger charge is -2.08. The number of nitrogens with zero attached hydrogens (tertiary/aromatic N) is 1. The van der Waals surface area contributed by atoms with E-state index in [0.717, 1.165) is 16.8 Å². The fourth-order valence-electron chi connectivity index (χ4n) is 1.54. The molecule has 1 aromatic heterocycles. The molecule has 2 aromatic rings. The molecule has 1 heteroatoms. The number of hydrogen-bond donors (Lipinski definition) is 0. The topological polar surface area (TPSA) is 4.93 Å². The van der Waals surface area contributed by atoms with Crippen molar-refractivity contribution in [2.24, 2.45) is 0 Å². The first-order valence-corrected chi connectivity index (χ1v) is 4.56. The van der Waals surface area contributed by atoms with E-state index in [4.69, 9.17) is 12.8 Å². The molecule has 0 spiro atoms. The third-order valence-corrected chi connectivity index (χ3v) is 2.21. The molecule has 1 heterocycles. The third-order valence-electron chi connectivity index (χ3n) is 2.21. The van der Waals surface area contributed by atoms with Crippen molar-refractivity contribution >= 4 is 0 Å². The molecule has 0 N–H and O–H groups in total. The maximum atomic E-state index is 5.45. The van der Waals surface area contributed by atoms with Crippen LogP contribution in [0.25, 0.3) is 5.69 Å². The molecular formula is C14H9N. The first-order valence-electron chi connectivity index (χ1n) is 4.56. The van der Waals surface area contributed by atoms with Crippen molar-refractivity contribution in [3.8, 4) is 30.4 Å². The molecule has 0 aliphatic heterocycles. The van der Waals surface area contributed by atoms with E-state index in [1.165, 1.54) is 0 Å². The number of rotatable bonds is 1. The van der Waals surface area contributed by atoms with Gasteiger partial charge in [-0.15, -0.1) is 12.8 Å². The average molecular weight is 191 g/mol. The van der Waals surface area contributed by atoms with E-state index in [1.54, 1.807) is 0 Å². The maximum absolute atomic E-state index is 5.45. The summed E-state index contributed by atoms with van der Waals surface area (Å²) >= 11 is 0. The highest BCUT2D eigenvalue weighted by atomic mass is 14.9. The molecule has 1 aromatic carbocycles. The van der Waals surface area contributed by atoms with E-state index in [-0.39, 0.29) is 0 Å². The summed E-state index contributed by atoms with van der Waals surface area (Å²) in [5.41, 5.74) is 2.51. The largest absolute Gasteiger partial charge is 0.322 e. The highest BCUT2D eigenvalue weighted by molar-refractivity contribution is 5.60. The number of aromatic nitrogens is 1. The van der Waals surface area contributed by atoms with E-state index >= 15 is 0 Å². The lowest BCUT2D eigenvalue weighted by molar-refractivity contribution is 1.07. The molecule has 0 bridgehead atoms. The molecule has 0 amide bonds. The van der Waals surface area contributed by atoms with Gasteiger partial charge in [-0.2, -0.15) is 0 Å². The van der Waals surface area contributed by atoms with Crippen LogP contribution in [0, 0.1) is 24.7 Å². The van der Waals surface area contributed by atoms with Gasteiger partial charge in [-0.1, -0.05) is 17.9 Å². The Morgan fingerprint density at radius 2 is 1.40 bits per heavy atom. The number of terminal acetylenes is 2. The molecule has 15 heavy (non-hydrogen) atoms. The van der Waals surface area contributed by atoms with Crippen molar-refractivity contribution in [2.45, 2.75) is 0 Å². The summed E-state index contributed by atoms with van der Waals surface area (Å²) < 4.78 is 1.93. The van der Waals surface area contributed by atoms with Gasteiger partial charge in [-0.3, -0.25) is 0 Å². The second-order valence-electron chi connectivity index (χ2n) is 3.08. The van der Waals surface area contributed by atoms with Crippen molar-refractivity contribution in [3.05, 3.63) is 53.9 Å². The van der Waals surface area contributed by atoms with Gasteiger partial charge < -0.3 is 4.57 Å². The number of benzene rings is 1. The minimum atomic E-state index is 0.807. The first kappa shape index (κ1) is 9.19. The zero-order valence-electron chi connectivity index (χ0n) is 8.14. The molecule has 0 aliphatic rings. The summed E-state index contributed by atoms with van der Waals surface area (Å²) in [5.74, 6) is 5.28. The van der Waals surface area contributed by atoms with Crippen LogP contribution in [-0.4, -0.2) is 4.57 Å². The average Bonchev–Trinajstić information content (AvgIpc) is 2.81. The van der Waals surface area contributed by atoms with Crippen molar-refractivity contribution in [1.29, 1.82) is 0 Å². The minimum absolute atomic E-state index is 0.807. The van der Waals surface area contributed by atoms with Crippen LogP contribution >= 0.6 is 0 Å². The summed E-state index contributed by atoms with van der Waals surface area (Å²) in [4.78, 5) is 0. The fraction of sp³-hybridized carbons (Fsp3) is 0. The normalized spacial score (nSPS) is 9.20. The van der Waals surface area contributed by atoms with E-state index in [9.17, 15) is 0 Å². The Labute approximate surface area is 89.4 Å². The quantitative estimate of drug-likeness (QED) is 0.610. The molecule has 1 nitrogen and oxygen atoms in total. The maximum Gasteiger partial charge on any atom is 0.0764 e. The van der Waals surface area contributed by atoms with Gasteiger partial charge in [-0.05, 0) is 24.3 Å². The van der Waals surface area contributed by atoms with Gasteiger partial charge in [0.15, 0.2) is 0 Å². The Morgan fingerprint density at radius 3 is 1.87 bits per heavy atom. The van der Waals surface area contributed by atoms with Crippen LogP contribution in [0.15, 0.2) is 42.7 Å². The standard InChI is InChI=1S/C14H9N/c1-3-12-8-7-9-13(4-2)14(12)15-10-5-6-11-15/h1-2,5-11H. The highest BCUT2D eigenvalue weighted by Gasteiger charge is 2.05. The summed E-state index contributed by atoms with van der Waals surface area (Å²) in [5, 5.41) is 0. The van der Waals surface area contributed by atoms with Gasteiger partial charge in [0.25, 0.3) is 0 Å². The molecule has 70 valence electrons. The van der Waals surface area contributed by atoms with Crippen LogP contribution in [0.3, 0.4) is 0 Å². The second-order valence-corrected chi connectivity index (χ2v) is 3.08. The van der Waals surface area contributed by atoms with Crippen LogP contribution in [-0.2, 0) is 0 Å². The smallest absolute Gasteiger partial charge is 0.0764 e. The SMILES string of the molecule is C#Cc1cccc(C#C)c1-n1cccc1.